The van der Waals surface area contributed by atoms with E-state index in [-0.39, 0.29) is 0 Å². The molecule has 1 unspecified atom stereocenters. The first-order chi connectivity index (χ1) is 8.22. The molecule has 4 nitrogen and oxygen atoms in total. The van der Waals surface area contributed by atoms with Crippen molar-refractivity contribution in [2.45, 2.75) is 65.3 Å². The molecule has 4 heteroatoms. The Balaban J connectivity index is 2.02. The molecule has 0 aliphatic carbocycles. The number of rotatable bonds is 9. The van der Waals surface area contributed by atoms with Gasteiger partial charge in [0.2, 0.25) is 5.89 Å². The van der Waals surface area contributed by atoms with Crippen LogP contribution in [0.3, 0.4) is 0 Å². The largest absolute Gasteiger partial charge is 0.340 e. The lowest BCUT2D eigenvalue weighted by atomic mass is 10.1. The Bertz CT molecular complexity index is 299. The maximum Gasteiger partial charge on any atom is 0.223 e. The smallest absolute Gasteiger partial charge is 0.223 e. The SMILES string of the molecule is CCCCCCC(C)NCCc1noc(C)n1. The zero-order valence-electron chi connectivity index (χ0n) is 11.3. The molecule has 0 spiro atoms. The van der Waals surface area contributed by atoms with Gasteiger partial charge in [-0.1, -0.05) is 37.8 Å². The highest BCUT2D eigenvalue weighted by Gasteiger charge is 2.04. The van der Waals surface area contributed by atoms with E-state index in [4.69, 9.17) is 4.52 Å². The summed E-state index contributed by atoms with van der Waals surface area (Å²) >= 11 is 0. The summed E-state index contributed by atoms with van der Waals surface area (Å²) in [6, 6.07) is 0.583. The molecule has 1 heterocycles. The Morgan fingerprint density at radius 1 is 1.29 bits per heavy atom. The van der Waals surface area contributed by atoms with Crippen molar-refractivity contribution in [1.82, 2.24) is 15.5 Å². The minimum atomic E-state index is 0.583. The second-order valence-corrected chi connectivity index (χ2v) is 4.68. The van der Waals surface area contributed by atoms with Crippen LogP contribution in [0.25, 0.3) is 0 Å². The van der Waals surface area contributed by atoms with E-state index >= 15 is 0 Å². The van der Waals surface area contributed by atoms with Crippen LogP contribution in [0.5, 0.6) is 0 Å². The van der Waals surface area contributed by atoms with Gasteiger partial charge in [0.25, 0.3) is 0 Å². The van der Waals surface area contributed by atoms with Gasteiger partial charge in [-0.05, 0) is 13.3 Å². The number of nitrogens with one attached hydrogen (secondary N) is 1. The van der Waals surface area contributed by atoms with Crippen LogP contribution < -0.4 is 5.32 Å². The molecule has 0 saturated carbocycles. The van der Waals surface area contributed by atoms with Crippen LogP contribution >= 0.6 is 0 Å². The summed E-state index contributed by atoms with van der Waals surface area (Å²) in [6.45, 7) is 7.23. The highest BCUT2D eigenvalue weighted by molar-refractivity contribution is 4.84. The van der Waals surface area contributed by atoms with Gasteiger partial charge in [0.15, 0.2) is 5.82 Å². The molecule has 0 saturated heterocycles. The van der Waals surface area contributed by atoms with E-state index in [0.29, 0.717) is 11.9 Å². The Morgan fingerprint density at radius 2 is 2.12 bits per heavy atom. The molecule has 0 aliphatic heterocycles. The van der Waals surface area contributed by atoms with Gasteiger partial charge in [-0.2, -0.15) is 4.98 Å². The molecule has 0 fully saturated rings. The maximum absolute atomic E-state index is 4.92. The number of aromatic nitrogens is 2. The summed E-state index contributed by atoms with van der Waals surface area (Å²) in [5.41, 5.74) is 0. The van der Waals surface area contributed by atoms with Crippen molar-refractivity contribution in [1.29, 1.82) is 0 Å². The highest BCUT2D eigenvalue weighted by Crippen LogP contribution is 2.05. The van der Waals surface area contributed by atoms with Crippen LogP contribution in [0.15, 0.2) is 4.52 Å². The van der Waals surface area contributed by atoms with E-state index in [1.807, 2.05) is 6.92 Å². The normalized spacial score (nSPS) is 12.9. The van der Waals surface area contributed by atoms with Gasteiger partial charge in [-0.25, -0.2) is 0 Å². The van der Waals surface area contributed by atoms with Crippen LogP contribution in [0.2, 0.25) is 0 Å². The topological polar surface area (TPSA) is 51.0 Å². The van der Waals surface area contributed by atoms with E-state index in [9.17, 15) is 0 Å². The average molecular weight is 239 g/mol. The van der Waals surface area contributed by atoms with Crippen molar-refractivity contribution in [2.75, 3.05) is 6.54 Å². The van der Waals surface area contributed by atoms with Crippen LogP contribution in [0.4, 0.5) is 0 Å². The van der Waals surface area contributed by atoms with Crippen molar-refractivity contribution in [3.05, 3.63) is 11.7 Å². The minimum Gasteiger partial charge on any atom is -0.340 e. The Hall–Kier alpha value is -0.900. The van der Waals surface area contributed by atoms with E-state index in [0.717, 1.165) is 18.8 Å². The Morgan fingerprint density at radius 3 is 2.76 bits per heavy atom. The molecule has 1 N–H and O–H groups in total. The molecule has 1 rings (SSSR count). The van der Waals surface area contributed by atoms with Crippen LogP contribution in [0.1, 0.15) is 57.7 Å². The molecule has 0 radical (unpaired) electrons. The lowest BCUT2D eigenvalue weighted by Gasteiger charge is -2.12. The summed E-state index contributed by atoms with van der Waals surface area (Å²) in [6.07, 6.45) is 7.44. The van der Waals surface area contributed by atoms with E-state index in [1.165, 1.54) is 32.1 Å². The number of aryl methyl sites for hydroxylation is 1. The summed E-state index contributed by atoms with van der Waals surface area (Å²) in [5, 5.41) is 7.37. The van der Waals surface area contributed by atoms with Gasteiger partial charge in [0.1, 0.15) is 0 Å². The minimum absolute atomic E-state index is 0.583. The molecule has 1 aromatic rings. The molecule has 17 heavy (non-hydrogen) atoms. The second kappa shape index (κ2) is 8.23. The lowest BCUT2D eigenvalue weighted by Crippen LogP contribution is -2.28. The van der Waals surface area contributed by atoms with Crippen molar-refractivity contribution >= 4 is 0 Å². The molecule has 1 atom stereocenters. The van der Waals surface area contributed by atoms with Crippen LogP contribution in [-0.2, 0) is 6.42 Å². The summed E-state index contributed by atoms with van der Waals surface area (Å²) in [7, 11) is 0. The fraction of sp³-hybridized carbons (Fsp3) is 0.846. The van der Waals surface area contributed by atoms with Crippen molar-refractivity contribution in [2.24, 2.45) is 0 Å². The molecular weight excluding hydrogens is 214 g/mol. The third-order valence-corrected chi connectivity index (χ3v) is 2.90. The van der Waals surface area contributed by atoms with Gasteiger partial charge in [-0.3, -0.25) is 0 Å². The number of unbranched alkanes of at least 4 members (excludes halogenated alkanes) is 3. The predicted molar refractivity (Wildman–Crippen MR) is 69.0 cm³/mol. The molecule has 0 amide bonds. The molecule has 1 aromatic heterocycles. The molecule has 0 aliphatic rings. The Kier molecular flexibility index (Phi) is 6.86. The van der Waals surface area contributed by atoms with Gasteiger partial charge >= 0.3 is 0 Å². The monoisotopic (exact) mass is 239 g/mol. The first-order valence-corrected chi connectivity index (χ1v) is 6.75. The van der Waals surface area contributed by atoms with Gasteiger partial charge in [0.05, 0.1) is 0 Å². The van der Waals surface area contributed by atoms with Gasteiger partial charge in [0, 0.05) is 25.9 Å². The molecule has 0 aromatic carbocycles. The van der Waals surface area contributed by atoms with Crippen molar-refractivity contribution < 1.29 is 4.52 Å². The van der Waals surface area contributed by atoms with Crippen molar-refractivity contribution in [3.8, 4) is 0 Å². The van der Waals surface area contributed by atoms with Gasteiger partial charge in [-0.15, -0.1) is 0 Å². The van der Waals surface area contributed by atoms with E-state index in [1.54, 1.807) is 0 Å². The fourth-order valence-electron chi connectivity index (χ4n) is 1.85. The van der Waals surface area contributed by atoms with Crippen LogP contribution in [0, 0.1) is 6.92 Å². The number of hydrogen-bond donors (Lipinski definition) is 1. The zero-order valence-corrected chi connectivity index (χ0v) is 11.3. The third kappa shape index (κ3) is 6.41. The lowest BCUT2D eigenvalue weighted by molar-refractivity contribution is 0.386. The quantitative estimate of drug-likeness (QED) is 0.673. The zero-order chi connectivity index (χ0) is 12.5. The standard InChI is InChI=1S/C13H25N3O/c1-4-5-6-7-8-11(2)14-10-9-13-15-12(3)17-16-13/h11,14H,4-10H2,1-3H3. The first-order valence-electron chi connectivity index (χ1n) is 6.75. The molecular formula is C13H25N3O. The summed E-state index contributed by atoms with van der Waals surface area (Å²) in [5.74, 6) is 1.45. The number of hydrogen-bond acceptors (Lipinski definition) is 4. The first kappa shape index (κ1) is 14.2. The van der Waals surface area contributed by atoms with Gasteiger partial charge < -0.3 is 9.84 Å². The predicted octanol–water partition coefficient (Wildman–Crippen LogP) is 2.87. The summed E-state index contributed by atoms with van der Waals surface area (Å²) in [4.78, 5) is 4.18. The third-order valence-electron chi connectivity index (χ3n) is 2.90. The second-order valence-electron chi connectivity index (χ2n) is 4.68. The highest BCUT2D eigenvalue weighted by atomic mass is 16.5. The summed E-state index contributed by atoms with van der Waals surface area (Å²) < 4.78 is 4.92. The molecule has 0 bridgehead atoms. The maximum atomic E-state index is 4.92. The van der Waals surface area contributed by atoms with Crippen LogP contribution in [-0.4, -0.2) is 22.7 Å². The van der Waals surface area contributed by atoms with Crippen molar-refractivity contribution in [3.63, 3.8) is 0 Å². The average Bonchev–Trinajstić information content (AvgIpc) is 2.71. The van der Waals surface area contributed by atoms with E-state index in [2.05, 4.69) is 29.3 Å². The Labute approximate surface area is 104 Å². The molecule has 98 valence electrons. The fourth-order valence-corrected chi connectivity index (χ4v) is 1.85. The number of nitrogens with zero attached hydrogens (tertiary/aromatic N) is 2. The van der Waals surface area contributed by atoms with E-state index < -0.39 is 0 Å².